The number of anilines is 2. The molecule has 0 atom stereocenters. The summed E-state index contributed by atoms with van der Waals surface area (Å²) in [4.78, 5) is 22.9. The molecule has 5 nitrogen and oxygen atoms in total. The van der Waals surface area contributed by atoms with Crippen molar-refractivity contribution in [1.29, 1.82) is 0 Å². The zero-order valence-electron chi connectivity index (χ0n) is 8.54. The van der Waals surface area contributed by atoms with E-state index in [1.165, 1.54) is 0 Å². The maximum Gasteiger partial charge on any atom is 0.323 e. The summed E-state index contributed by atoms with van der Waals surface area (Å²) >= 11 is 0. The maximum atomic E-state index is 13.4. The molecule has 0 spiro atoms. The van der Waals surface area contributed by atoms with E-state index in [4.69, 9.17) is 5.11 Å². The number of carbonyl (C=O) groups is 2. The minimum atomic E-state index is -1.18. The van der Waals surface area contributed by atoms with Crippen molar-refractivity contribution in [2.24, 2.45) is 0 Å². The van der Waals surface area contributed by atoms with E-state index in [2.05, 4.69) is 5.32 Å². The highest BCUT2D eigenvalue weighted by Crippen LogP contribution is 2.32. The molecule has 0 radical (unpaired) electrons. The smallest absolute Gasteiger partial charge is 0.323 e. The Morgan fingerprint density at radius 1 is 1.47 bits per heavy atom. The second-order valence-corrected chi connectivity index (χ2v) is 3.58. The Labute approximate surface area is 94.6 Å². The fraction of sp³-hybridized carbons (Fsp3) is 0.200. The standard InChI is InChI=1S/C10H8F2N2O3/c11-5-1-6(12)10-7(2-5)14(4-9(16)17)3-8(15)13-10/h1-2H,3-4H2,(H,13,15)(H,16,17). The van der Waals surface area contributed by atoms with E-state index in [1.807, 2.05) is 0 Å². The lowest BCUT2D eigenvalue weighted by Gasteiger charge is -2.29. The Morgan fingerprint density at radius 2 is 2.18 bits per heavy atom. The molecule has 1 aromatic rings. The number of nitrogens with one attached hydrogen (secondary N) is 1. The summed E-state index contributed by atoms with van der Waals surface area (Å²) in [6.45, 7) is -0.745. The molecule has 0 saturated carbocycles. The van der Waals surface area contributed by atoms with E-state index >= 15 is 0 Å². The number of amides is 1. The first-order valence-corrected chi connectivity index (χ1v) is 4.73. The van der Waals surface area contributed by atoms with Crippen LogP contribution >= 0.6 is 0 Å². The first kappa shape index (κ1) is 11.3. The third-order valence-electron chi connectivity index (χ3n) is 2.30. The normalized spacial score (nSPS) is 14.2. The fourth-order valence-electron chi connectivity index (χ4n) is 1.67. The molecule has 2 rings (SSSR count). The molecule has 1 amide bonds. The SMILES string of the molecule is O=C(O)CN1CC(=O)Nc2c(F)cc(F)cc21. The van der Waals surface area contributed by atoms with Gasteiger partial charge in [-0.1, -0.05) is 0 Å². The first-order valence-electron chi connectivity index (χ1n) is 4.73. The summed E-state index contributed by atoms with van der Waals surface area (Å²) in [5, 5.41) is 10.9. The monoisotopic (exact) mass is 242 g/mol. The van der Waals surface area contributed by atoms with Gasteiger partial charge in [-0.2, -0.15) is 0 Å². The Kier molecular flexibility index (Phi) is 2.66. The topological polar surface area (TPSA) is 69.6 Å². The van der Waals surface area contributed by atoms with Gasteiger partial charge < -0.3 is 15.3 Å². The van der Waals surface area contributed by atoms with Gasteiger partial charge in [-0.3, -0.25) is 9.59 Å². The van der Waals surface area contributed by atoms with Crippen LogP contribution in [0.15, 0.2) is 12.1 Å². The minimum Gasteiger partial charge on any atom is -0.480 e. The van der Waals surface area contributed by atoms with Crippen molar-refractivity contribution in [1.82, 2.24) is 0 Å². The van der Waals surface area contributed by atoms with Crippen LogP contribution in [0.25, 0.3) is 0 Å². The van der Waals surface area contributed by atoms with Gasteiger partial charge in [0.2, 0.25) is 5.91 Å². The molecule has 90 valence electrons. The maximum absolute atomic E-state index is 13.4. The lowest BCUT2D eigenvalue weighted by molar-refractivity contribution is -0.135. The second kappa shape index (κ2) is 4.00. The number of rotatable bonds is 2. The average molecular weight is 242 g/mol. The van der Waals surface area contributed by atoms with Crippen molar-refractivity contribution in [2.45, 2.75) is 0 Å². The zero-order chi connectivity index (χ0) is 12.6. The number of hydrogen-bond donors (Lipinski definition) is 2. The zero-order valence-corrected chi connectivity index (χ0v) is 8.54. The van der Waals surface area contributed by atoms with E-state index in [1.54, 1.807) is 0 Å². The quantitative estimate of drug-likeness (QED) is 0.805. The highest BCUT2D eigenvalue weighted by atomic mass is 19.1. The molecule has 2 N–H and O–H groups in total. The van der Waals surface area contributed by atoms with Crippen molar-refractivity contribution in [2.75, 3.05) is 23.3 Å². The molecule has 1 aliphatic heterocycles. The second-order valence-electron chi connectivity index (χ2n) is 3.58. The molecule has 1 aromatic carbocycles. The van der Waals surface area contributed by atoms with Crippen molar-refractivity contribution in [3.05, 3.63) is 23.8 Å². The summed E-state index contributed by atoms with van der Waals surface area (Å²) in [6.07, 6.45) is 0. The number of halogens is 2. The van der Waals surface area contributed by atoms with Crippen LogP contribution in [0.4, 0.5) is 20.2 Å². The van der Waals surface area contributed by atoms with Gasteiger partial charge in [-0.25, -0.2) is 8.78 Å². The van der Waals surface area contributed by atoms with Gasteiger partial charge in [0.15, 0.2) is 5.82 Å². The fourth-order valence-corrected chi connectivity index (χ4v) is 1.67. The molecule has 0 fully saturated rings. The van der Waals surface area contributed by atoms with Crippen molar-refractivity contribution >= 4 is 23.3 Å². The molecule has 7 heteroatoms. The Morgan fingerprint density at radius 3 is 2.82 bits per heavy atom. The molecule has 1 heterocycles. The van der Waals surface area contributed by atoms with Crippen LogP contribution in [0.1, 0.15) is 0 Å². The number of nitrogens with zero attached hydrogens (tertiary/aromatic N) is 1. The summed E-state index contributed by atoms with van der Waals surface area (Å²) in [6, 6.07) is 1.62. The van der Waals surface area contributed by atoms with Crippen LogP contribution < -0.4 is 10.2 Å². The van der Waals surface area contributed by atoms with Crippen molar-refractivity contribution in [3.63, 3.8) is 0 Å². The number of fused-ring (bicyclic) bond motifs is 1. The van der Waals surface area contributed by atoms with Crippen LogP contribution in [0, 0.1) is 11.6 Å². The van der Waals surface area contributed by atoms with Gasteiger partial charge in [0.05, 0.1) is 12.2 Å². The predicted molar refractivity (Wildman–Crippen MR) is 54.8 cm³/mol. The molecule has 0 bridgehead atoms. The molecule has 0 aliphatic carbocycles. The molecular weight excluding hydrogens is 234 g/mol. The Bertz CT molecular complexity index is 505. The summed E-state index contributed by atoms with van der Waals surface area (Å²) in [5.41, 5.74) is -0.159. The summed E-state index contributed by atoms with van der Waals surface area (Å²) in [5.74, 6) is -3.48. The van der Waals surface area contributed by atoms with Gasteiger partial charge >= 0.3 is 5.97 Å². The van der Waals surface area contributed by atoms with Crippen LogP contribution in [-0.4, -0.2) is 30.1 Å². The third kappa shape index (κ3) is 2.17. The number of benzene rings is 1. The molecule has 0 unspecified atom stereocenters. The predicted octanol–water partition coefficient (Wildman–Crippen LogP) is 0.808. The summed E-state index contributed by atoms with van der Waals surface area (Å²) < 4.78 is 26.4. The summed E-state index contributed by atoms with van der Waals surface area (Å²) in [7, 11) is 0. The van der Waals surface area contributed by atoms with E-state index in [0.29, 0.717) is 6.07 Å². The average Bonchev–Trinajstić information content (AvgIpc) is 2.19. The molecule has 1 aliphatic rings. The molecule has 17 heavy (non-hydrogen) atoms. The number of aliphatic carboxylic acids is 1. The molecular formula is C10H8F2N2O3. The molecule has 0 saturated heterocycles. The highest BCUT2D eigenvalue weighted by molar-refractivity contribution is 6.02. The number of carboxylic acid groups (broad SMARTS) is 1. The van der Waals surface area contributed by atoms with Gasteiger partial charge in [0.1, 0.15) is 18.0 Å². The number of hydrogen-bond acceptors (Lipinski definition) is 3. The highest BCUT2D eigenvalue weighted by Gasteiger charge is 2.26. The van der Waals surface area contributed by atoms with Gasteiger partial charge in [-0.05, 0) is 6.07 Å². The van der Waals surface area contributed by atoms with E-state index in [0.717, 1.165) is 11.0 Å². The first-order chi connectivity index (χ1) is 7.97. The van der Waals surface area contributed by atoms with Crippen molar-refractivity contribution in [3.8, 4) is 0 Å². The van der Waals surface area contributed by atoms with Crippen LogP contribution in [0.2, 0.25) is 0 Å². The van der Waals surface area contributed by atoms with E-state index in [-0.39, 0.29) is 17.9 Å². The third-order valence-corrected chi connectivity index (χ3v) is 2.30. The van der Waals surface area contributed by atoms with Gasteiger partial charge in [0, 0.05) is 6.07 Å². The van der Waals surface area contributed by atoms with Gasteiger partial charge in [0.25, 0.3) is 0 Å². The minimum absolute atomic E-state index is 0.0319. The largest absolute Gasteiger partial charge is 0.480 e. The van der Waals surface area contributed by atoms with Crippen molar-refractivity contribution < 1.29 is 23.5 Å². The Balaban J connectivity index is 2.48. The molecule has 0 aromatic heterocycles. The van der Waals surface area contributed by atoms with Crippen LogP contribution in [0.3, 0.4) is 0 Å². The number of carbonyl (C=O) groups excluding carboxylic acids is 1. The van der Waals surface area contributed by atoms with Crippen LogP contribution in [0.5, 0.6) is 0 Å². The lowest BCUT2D eigenvalue weighted by atomic mass is 10.1. The lowest BCUT2D eigenvalue weighted by Crippen LogP contribution is -2.41. The number of carboxylic acids is 1. The van der Waals surface area contributed by atoms with Crippen LogP contribution in [-0.2, 0) is 9.59 Å². The van der Waals surface area contributed by atoms with E-state index in [9.17, 15) is 18.4 Å². The Hall–Kier alpha value is -2.18. The van der Waals surface area contributed by atoms with Gasteiger partial charge in [-0.15, -0.1) is 0 Å². The van der Waals surface area contributed by atoms with E-state index < -0.39 is 30.1 Å².